The van der Waals surface area contributed by atoms with Crippen molar-refractivity contribution >= 4 is 0 Å². The Bertz CT molecular complexity index is 789. The van der Waals surface area contributed by atoms with Crippen LogP contribution in [0.2, 0.25) is 0 Å². The third-order valence-electron chi connectivity index (χ3n) is 5.94. The van der Waals surface area contributed by atoms with Gasteiger partial charge in [0.2, 0.25) is 0 Å². The summed E-state index contributed by atoms with van der Waals surface area (Å²) in [5, 5.41) is 5.49. The first kappa shape index (κ1) is 23.5. The number of ether oxygens (including phenoxy) is 2. The minimum atomic E-state index is 0.442. The smallest absolute Gasteiger partial charge is 0.161 e. The molecule has 0 amide bonds. The van der Waals surface area contributed by atoms with Crippen molar-refractivity contribution in [3.8, 4) is 11.5 Å². The number of aryl methyl sites for hydroxylation is 2. The highest BCUT2D eigenvalue weighted by Gasteiger charge is 2.14. The molecular formula is C25H38N4O2. The molecule has 0 unspecified atom stereocenters. The lowest BCUT2D eigenvalue weighted by Gasteiger charge is -2.31. The summed E-state index contributed by atoms with van der Waals surface area (Å²) in [6, 6.07) is 15.4. The lowest BCUT2D eigenvalue weighted by molar-refractivity contribution is 0.117. The number of piperazine rings is 1. The molecule has 3 N–H and O–H groups in total. The van der Waals surface area contributed by atoms with E-state index in [9.17, 15) is 0 Å². The molecule has 0 aliphatic carbocycles. The maximum absolute atomic E-state index is 6.01. The minimum Gasteiger partial charge on any atom is -0.493 e. The molecule has 1 fully saturated rings. The SMILES string of the molecule is COc1cc(CC[C@@H](C)NCc2ccc(C)cc2)ccc1OCCN1CCN(N)CC1. The van der Waals surface area contributed by atoms with Crippen LogP contribution in [-0.2, 0) is 13.0 Å². The van der Waals surface area contributed by atoms with Crippen LogP contribution in [0.15, 0.2) is 42.5 Å². The zero-order valence-electron chi connectivity index (χ0n) is 19.3. The maximum atomic E-state index is 6.01. The standard InChI is InChI=1S/C25H38N4O2/c1-20-4-7-23(8-5-20)19-27-21(2)6-9-22-10-11-24(25(18-22)30-3)31-17-16-28-12-14-29(26)15-13-28/h4-5,7-8,10-11,18,21,27H,6,9,12-17,19,26H2,1-3H3/t21-/m1/s1. The van der Waals surface area contributed by atoms with E-state index in [1.165, 1.54) is 16.7 Å². The molecule has 0 aromatic heterocycles. The highest BCUT2D eigenvalue weighted by molar-refractivity contribution is 5.43. The normalized spacial score (nSPS) is 16.3. The summed E-state index contributed by atoms with van der Waals surface area (Å²) < 4.78 is 11.6. The molecule has 6 heteroatoms. The lowest BCUT2D eigenvalue weighted by atomic mass is 10.0. The topological polar surface area (TPSA) is 63.0 Å². The minimum absolute atomic E-state index is 0.442. The van der Waals surface area contributed by atoms with Crippen LogP contribution in [0, 0.1) is 6.92 Å². The molecular weight excluding hydrogens is 388 g/mol. The average Bonchev–Trinajstić information content (AvgIpc) is 2.79. The Labute approximate surface area is 187 Å². The van der Waals surface area contributed by atoms with Crippen molar-refractivity contribution in [1.82, 2.24) is 15.2 Å². The maximum Gasteiger partial charge on any atom is 0.161 e. The van der Waals surface area contributed by atoms with Gasteiger partial charge in [0.25, 0.3) is 0 Å². The van der Waals surface area contributed by atoms with Crippen LogP contribution in [0.4, 0.5) is 0 Å². The second-order valence-corrected chi connectivity index (χ2v) is 8.52. The summed E-state index contributed by atoms with van der Waals surface area (Å²) in [5.74, 6) is 7.44. The van der Waals surface area contributed by atoms with Gasteiger partial charge in [-0.05, 0) is 49.9 Å². The van der Waals surface area contributed by atoms with Crippen LogP contribution in [-0.4, -0.2) is 62.4 Å². The fourth-order valence-corrected chi connectivity index (χ4v) is 3.74. The molecule has 0 saturated carbocycles. The molecule has 1 heterocycles. The van der Waals surface area contributed by atoms with Gasteiger partial charge in [-0.15, -0.1) is 0 Å². The Hall–Kier alpha value is -2.12. The van der Waals surface area contributed by atoms with E-state index in [0.29, 0.717) is 12.6 Å². The van der Waals surface area contributed by atoms with Gasteiger partial charge in [-0.25, -0.2) is 5.01 Å². The third-order valence-corrected chi connectivity index (χ3v) is 5.94. The molecule has 2 aromatic rings. The number of benzene rings is 2. The van der Waals surface area contributed by atoms with E-state index in [1.54, 1.807) is 7.11 Å². The van der Waals surface area contributed by atoms with Crippen LogP contribution in [0.1, 0.15) is 30.0 Å². The second-order valence-electron chi connectivity index (χ2n) is 8.52. The van der Waals surface area contributed by atoms with Gasteiger partial charge in [0.05, 0.1) is 7.11 Å². The molecule has 31 heavy (non-hydrogen) atoms. The number of hydrogen-bond acceptors (Lipinski definition) is 6. The highest BCUT2D eigenvalue weighted by atomic mass is 16.5. The van der Waals surface area contributed by atoms with Crippen molar-refractivity contribution in [2.24, 2.45) is 5.84 Å². The fraction of sp³-hybridized carbons (Fsp3) is 0.520. The highest BCUT2D eigenvalue weighted by Crippen LogP contribution is 2.28. The van der Waals surface area contributed by atoms with Crippen molar-refractivity contribution in [1.29, 1.82) is 0 Å². The summed E-state index contributed by atoms with van der Waals surface area (Å²) in [6.07, 6.45) is 2.07. The summed E-state index contributed by atoms with van der Waals surface area (Å²) in [4.78, 5) is 2.38. The molecule has 1 aliphatic rings. The van der Waals surface area contributed by atoms with E-state index < -0.39 is 0 Å². The van der Waals surface area contributed by atoms with Crippen LogP contribution >= 0.6 is 0 Å². The van der Waals surface area contributed by atoms with Crippen LogP contribution in [0.25, 0.3) is 0 Å². The zero-order valence-corrected chi connectivity index (χ0v) is 19.3. The number of hydrogen-bond donors (Lipinski definition) is 2. The summed E-state index contributed by atoms with van der Waals surface area (Å²) in [5.41, 5.74) is 3.89. The lowest BCUT2D eigenvalue weighted by Crippen LogP contribution is -2.50. The Morgan fingerprint density at radius 2 is 1.71 bits per heavy atom. The Kier molecular flexibility index (Phi) is 9.15. The second kappa shape index (κ2) is 12.1. The first-order valence-electron chi connectivity index (χ1n) is 11.3. The van der Waals surface area contributed by atoms with E-state index in [4.69, 9.17) is 15.3 Å². The third kappa shape index (κ3) is 7.82. The number of methoxy groups -OCH3 is 1. The predicted molar refractivity (Wildman–Crippen MR) is 126 cm³/mol. The number of nitrogens with zero attached hydrogens (tertiary/aromatic N) is 2. The molecule has 170 valence electrons. The number of nitrogens with one attached hydrogen (secondary N) is 1. The van der Waals surface area contributed by atoms with Gasteiger partial charge in [0, 0.05) is 45.3 Å². The number of hydrazine groups is 1. The first-order valence-corrected chi connectivity index (χ1v) is 11.3. The molecule has 1 atom stereocenters. The molecule has 1 saturated heterocycles. The summed E-state index contributed by atoms with van der Waals surface area (Å²) in [6.45, 7) is 10.6. The Morgan fingerprint density at radius 3 is 2.42 bits per heavy atom. The quantitative estimate of drug-likeness (QED) is 0.539. The molecule has 6 nitrogen and oxygen atoms in total. The summed E-state index contributed by atoms with van der Waals surface area (Å²) in [7, 11) is 1.71. The Morgan fingerprint density at radius 1 is 1.00 bits per heavy atom. The van der Waals surface area contributed by atoms with Crippen molar-refractivity contribution < 1.29 is 9.47 Å². The molecule has 0 bridgehead atoms. The van der Waals surface area contributed by atoms with Gasteiger partial charge in [-0.3, -0.25) is 10.7 Å². The van der Waals surface area contributed by atoms with E-state index >= 15 is 0 Å². The van der Waals surface area contributed by atoms with Crippen molar-refractivity contribution in [2.45, 2.75) is 39.3 Å². The largest absolute Gasteiger partial charge is 0.493 e. The average molecular weight is 427 g/mol. The zero-order chi connectivity index (χ0) is 22.1. The van der Waals surface area contributed by atoms with Gasteiger partial charge >= 0.3 is 0 Å². The van der Waals surface area contributed by atoms with Crippen molar-refractivity contribution in [3.63, 3.8) is 0 Å². The fourth-order valence-electron chi connectivity index (χ4n) is 3.74. The van der Waals surface area contributed by atoms with Gasteiger partial charge in [0.1, 0.15) is 6.61 Å². The monoisotopic (exact) mass is 426 g/mol. The van der Waals surface area contributed by atoms with E-state index in [1.807, 2.05) is 11.1 Å². The van der Waals surface area contributed by atoms with Crippen LogP contribution < -0.4 is 20.6 Å². The summed E-state index contributed by atoms with van der Waals surface area (Å²) >= 11 is 0. The van der Waals surface area contributed by atoms with Gasteiger partial charge in [0.15, 0.2) is 11.5 Å². The molecule has 1 aliphatic heterocycles. The van der Waals surface area contributed by atoms with E-state index in [2.05, 4.69) is 60.5 Å². The van der Waals surface area contributed by atoms with Crippen LogP contribution in [0.3, 0.4) is 0 Å². The molecule has 0 spiro atoms. The predicted octanol–water partition coefficient (Wildman–Crippen LogP) is 2.98. The van der Waals surface area contributed by atoms with Gasteiger partial charge in [-0.1, -0.05) is 35.9 Å². The molecule has 3 rings (SSSR count). The van der Waals surface area contributed by atoms with E-state index in [-0.39, 0.29) is 0 Å². The van der Waals surface area contributed by atoms with Gasteiger partial charge in [-0.2, -0.15) is 0 Å². The van der Waals surface area contributed by atoms with E-state index in [0.717, 1.165) is 63.6 Å². The van der Waals surface area contributed by atoms with Gasteiger partial charge < -0.3 is 14.8 Å². The number of rotatable bonds is 11. The Balaban J connectivity index is 1.41. The molecule has 0 radical (unpaired) electrons. The molecule has 2 aromatic carbocycles. The van der Waals surface area contributed by atoms with Crippen LogP contribution in [0.5, 0.6) is 11.5 Å². The van der Waals surface area contributed by atoms with Crippen molar-refractivity contribution in [2.75, 3.05) is 46.4 Å². The van der Waals surface area contributed by atoms with Crippen molar-refractivity contribution in [3.05, 3.63) is 59.2 Å². The number of nitrogens with two attached hydrogens (primary N) is 1. The first-order chi connectivity index (χ1) is 15.0.